The largest absolute Gasteiger partial charge is 0.452 e. The van der Waals surface area contributed by atoms with Crippen LogP contribution in [0.4, 0.5) is 5.69 Å². The van der Waals surface area contributed by atoms with E-state index in [1.165, 1.54) is 12.1 Å². The molecule has 1 amide bonds. The fraction of sp³-hybridized carbons (Fsp3) is 0.182. The Kier molecular flexibility index (Phi) is 5.15. The summed E-state index contributed by atoms with van der Waals surface area (Å²) in [5.41, 5.74) is 3.58. The van der Waals surface area contributed by atoms with E-state index in [4.69, 9.17) is 21.6 Å². The number of nitrogens with one attached hydrogen (secondary N) is 1. The molecular formula is C22H16ClN3O3. The molecule has 1 aliphatic carbocycles. The lowest BCUT2D eigenvalue weighted by Gasteiger charge is -2.12. The summed E-state index contributed by atoms with van der Waals surface area (Å²) in [6.07, 6.45) is 2.52. The maximum atomic E-state index is 12.8. The summed E-state index contributed by atoms with van der Waals surface area (Å²) in [6, 6.07) is 13.9. The van der Waals surface area contributed by atoms with Crippen LogP contribution in [0.15, 0.2) is 42.5 Å². The predicted octanol–water partition coefficient (Wildman–Crippen LogP) is 4.04. The van der Waals surface area contributed by atoms with Crippen LogP contribution in [0, 0.1) is 11.3 Å². The average Bonchev–Trinajstić information content (AvgIpc) is 3.18. The summed E-state index contributed by atoms with van der Waals surface area (Å²) in [4.78, 5) is 29.8. The van der Waals surface area contributed by atoms with Gasteiger partial charge in [-0.3, -0.25) is 9.78 Å². The maximum Gasteiger partial charge on any atom is 0.339 e. The number of para-hydroxylation sites is 1. The van der Waals surface area contributed by atoms with E-state index in [0.717, 1.165) is 41.4 Å². The van der Waals surface area contributed by atoms with Gasteiger partial charge in [0.2, 0.25) is 0 Å². The quantitative estimate of drug-likeness (QED) is 0.661. The number of rotatable bonds is 4. The molecule has 0 spiro atoms. The SMILES string of the molecule is N#Cc1ccc(Cl)cc1NC(=O)COC(=O)c1c2c(nc3ccccc13)CCC2. The number of amides is 1. The second kappa shape index (κ2) is 7.90. The van der Waals surface area contributed by atoms with Gasteiger partial charge < -0.3 is 10.1 Å². The van der Waals surface area contributed by atoms with Gasteiger partial charge in [0.05, 0.1) is 22.3 Å². The summed E-state index contributed by atoms with van der Waals surface area (Å²) in [6.45, 7) is -0.471. The third kappa shape index (κ3) is 3.78. The molecule has 29 heavy (non-hydrogen) atoms. The van der Waals surface area contributed by atoms with E-state index in [1.54, 1.807) is 6.07 Å². The van der Waals surface area contributed by atoms with E-state index >= 15 is 0 Å². The van der Waals surface area contributed by atoms with Crippen molar-refractivity contribution in [1.29, 1.82) is 5.26 Å². The fourth-order valence-electron chi connectivity index (χ4n) is 3.55. The number of aryl methyl sites for hydroxylation is 1. The van der Waals surface area contributed by atoms with Gasteiger partial charge in [0.25, 0.3) is 5.91 Å². The summed E-state index contributed by atoms with van der Waals surface area (Å²) in [5.74, 6) is -1.10. The lowest BCUT2D eigenvalue weighted by molar-refractivity contribution is -0.119. The second-order valence-electron chi connectivity index (χ2n) is 6.71. The van der Waals surface area contributed by atoms with E-state index < -0.39 is 18.5 Å². The van der Waals surface area contributed by atoms with Crippen LogP contribution in [-0.2, 0) is 22.4 Å². The standard InChI is InChI=1S/C22H16ClN3O3/c23-14-9-8-13(11-24)19(10-14)26-20(27)12-29-22(28)21-15-4-1-2-6-17(15)25-18-7-3-5-16(18)21/h1-2,4,6,8-10H,3,5,7,12H2,(H,26,27). The average molecular weight is 406 g/mol. The number of nitrogens with zero attached hydrogens (tertiary/aromatic N) is 2. The molecule has 1 N–H and O–H groups in total. The van der Waals surface area contributed by atoms with Gasteiger partial charge >= 0.3 is 5.97 Å². The van der Waals surface area contributed by atoms with Crippen molar-refractivity contribution in [1.82, 2.24) is 4.98 Å². The number of ether oxygens (including phenoxy) is 1. The Morgan fingerprint density at radius 3 is 2.86 bits per heavy atom. The predicted molar refractivity (Wildman–Crippen MR) is 109 cm³/mol. The van der Waals surface area contributed by atoms with Crippen molar-refractivity contribution in [3.05, 3.63) is 69.9 Å². The third-order valence-corrected chi connectivity index (χ3v) is 5.07. The monoisotopic (exact) mass is 405 g/mol. The number of esters is 1. The molecule has 2 aromatic carbocycles. The molecular weight excluding hydrogens is 390 g/mol. The highest BCUT2D eigenvalue weighted by Gasteiger charge is 2.25. The number of benzene rings is 2. The van der Waals surface area contributed by atoms with Gasteiger partial charge in [-0.1, -0.05) is 29.8 Å². The number of carbonyl (C=O) groups is 2. The van der Waals surface area contributed by atoms with Crippen LogP contribution in [0.25, 0.3) is 10.9 Å². The molecule has 0 radical (unpaired) electrons. The molecule has 1 aliphatic rings. The first-order valence-corrected chi connectivity index (χ1v) is 9.51. The minimum absolute atomic E-state index is 0.270. The molecule has 1 aromatic heterocycles. The molecule has 144 valence electrons. The highest BCUT2D eigenvalue weighted by molar-refractivity contribution is 6.31. The van der Waals surface area contributed by atoms with Gasteiger partial charge in [-0.15, -0.1) is 0 Å². The minimum atomic E-state index is -0.552. The van der Waals surface area contributed by atoms with E-state index in [2.05, 4.69) is 10.3 Å². The van der Waals surface area contributed by atoms with Crippen molar-refractivity contribution in [3.8, 4) is 6.07 Å². The fourth-order valence-corrected chi connectivity index (χ4v) is 3.72. The van der Waals surface area contributed by atoms with E-state index in [0.29, 0.717) is 10.6 Å². The normalized spacial score (nSPS) is 12.3. The van der Waals surface area contributed by atoms with Gasteiger partial charge in [-0.05, 0) is 49.1 Å². The number of nitriles is 1. The second-order valence-corrected chi connectivity index (χ2v) is 7.15. The molecule has 4 rings (SSSR count). The van der Waals surface area contributed by atoms with E-state index in [-0.39, 0.29) is 11.3 Å². The number of anilines is 1. The van der Waals surface area contributed by atoms with Crippen LogP contribution in [0.1, 0.15) is 33.6 Å². The number of hydrogen-bond acceptors (Lipinski definition) is 5. The molecule has 0 unspecified atom stereocenters. The van der Waals surface area contributed by atoms with Crippen LogP contribution >= 0.6 is 11.6 Å². The van der Waals surface area contributed by atoms with Crippen molar-refractivity contribution in [3.63, 3.8) is 0 Å². The van der Waals surface area contributed by atoms with Crippen molar-refractivity contribution in [2.75, 3.05) is 11.9 Å². The molecule has 0 fully saturated rings. The molecule has 0 aliphatic heterocycles. The maximum absolute atomic E-state index is 12.8. The minimum Gasteiger partial charge on any atom is -0.452 e. The third-order valence-electron chi connectivity index (χ3n) is 4.83. The van der Waals surface area contributed by atoms with Crippen LogP contribution < -0.4 is 5.32 Å². The Morgan fingerprint density at radius 1 is 1.21 bits per heavy atom. The van der Waals surface area contributed by atoms with Gasteiger partial charge in [0.1, 0.15) is 6.07 Å². The Bertz CT molecular complexity index is 1180. The summed E-state index contributed by atoms with van der Waals surface area (Å²) in [5, 5.41) is 12.8. The van der Waals surface area contributed by atoms with Crippen molar-refractivity contribution < 1.29 is 14.3 Å². The molecule has 0 saturated heterocycles. The number of hydrogen-bond donors (Lipinski definition) is 1. The Hall–Kier alpha value is -3.43. The smallest absolute Gasteiger partial charge is 0.339 e. The van der Waals surface area contributed by atoms with Gasteiger partial charge in [-0.2, -0.15) is 5.26 Å². The molecule has 6 nitrogen and oxygen atoms in total. The van der Waals surface area contributed by atoms with Crippen molar-refractivity contribution >= 4 is 40.1 Å². The van der Waals surface area contributed by atoms with Gasteiger partial charge in [-0.25, -0.2) is 4.79 Å². The lowest BCUT2D eigenvalue weighted by Crippen LogP contribution is -2.22. The Morgan fingerprint density at radius 2 is 2.03 bits per heavy atom. The van der Waals surface area contributed by atoms with Crippen LogP contribution in [0.5, 0.6) is 0 Å². The van der Waals surface area contributed by atoms with E-state index in [1.807, 2.05) is 30.3 Å². The molecule has 0 saturated carbocycles. The summed E-state index contributed by atoms with van der Waals surface area (Å²) < 4.78 is 5.30. The van der Waals surface area contributed by atoms with Crippen LogP contribution in [0.2, 0.25) is 5.02 Å². The Balaban J connectivity index is 1.53. The van der Waals surface area contributed by atoms with Crippen molar-refractivity contribution in [2.45, 2.75) is 19.3 Å². The Labute approximate surface area is 172 Å². The topological polar surface area (TPSA) is 92.1 Å². The highest BCUT2D eigenvalue weighted by atomic mass is 35.5. The zero-order valence-corrected chi connectivity index (χ0v) is 16.1. The highest BCUT2D eigenvalue weighted by Crippen LogP contribution is 2.30. The molecule has 1 heterocycles. The number of fused-ring (bicyclic) bond motifs is 2. The number of halogens is 1. The zero-order valence-electron chi connectivity index (χ0n) is 15.4. The molecule has 3 aromatic rings. The zero-order chi connectivity index (χ0) is 20.4. The van der Waals surface area contributed by atoms with Gasteiger partial charge in [0.15, 0.2) is 6.61 Å². The first kappa shape index (κ1) is 18.9. The van der Waals surface area contributed by atoms with Gasteiger partial charge in [0, 0.05) is 16.1 Å². The number of aromatic nitrogens is 1. The van der Waals surface area contributed by atoms with Crippen LogP contribution in [0.3, 0.4) is 0 Å². The summed E-state index contributed by atoms with van der Waals surface area (Å²) >= 11 is 5.92. The van der Waals surface area contributed by atoms with Crippen LogP contribution in [-0.4, -0.2) is 23.5 Å². The number of carbonyl (C=O) groups excluding carboxylic acids is 2. The van der Waals surface area contributed by atoms with Crippen molar-refractivity contribution in [2.24, 2.45) is 0 Å². The molecule has 0 atom stereocenters. The first-order chi connectivity index (χ1) is 14.1. The lowest BCUT2D eigenvalue weighted by atomic mass is 10.0. The number of pyridine rings is 1. The molecule has 7 heteroatoms. The first-order valence-electron chi connectivity index (χ1n) is 9.14. The van der Waals surface area contributed by atoms with E-state index in [9.17, 15) is 9.59 Å². The molecule has 0 bridgehead atoms. The summed E-state index contributed by atoms with van der Waals surface area (Å²) in [7, 11) is 0.